The van der Waals surface area contributed by atoms with E-state index in [1.165, 1.54) is 11.8 Å². The second-order valence-electron chi connectivity index (χ2n) is 3.46. The summed E-state index contributed by atoms with van der Waals surface area (Å²) in [6.45, 7) is 0.968. The molecule has 0 saturated heterocycles. The predicted molar refractivity (Wildman–Crippen MR) is 71.5 cm³/mol. The number of likely N-dealkylation sites (N-methyl/N-ethyl adjacent to an activating group) is 1. The molecule has 0 saturated carbocycles. The minimum Gasteiger partial charge on any atom is -0.387 e. The first-order valence-electron chi connectivity index (χ1n) is 4.77. The molecule has 0 aromatic carbocycles. The van der Waals surface area contributed by atoms with Crippen molar-refractivity contribution in [2.75, 3.05) is 26.4 Å². The van der Waals surface area contributed by atoms with Crippen molar-refractivity contribution in [2.45, 2.75) is 16.9 Å². The molecule has 0 aliphatic carbocycles. The number of rotatable bonds is 7. The summed E-state index contributed by atoms with van der Waals surface area (Å²) in [5.41, 5.74) is 0. The molecular weight excluding hydrogens is 262 g/mol. The van der Waals surface area contributed by atoms with Crippen molar-refractivity contribution in [2.24, 2.45) is 0 Å². The van der Waals surface area contributed by atoms with E-state index in [9.17, 15) is 5.11 Å². The topological polar surface area (TPSA) is 49.2 Å². The Labute approximate surface area is 109 Å². The SMILES string of the molecule is CN(C)CCc1nnc(SCC(O)[C]=S)s1. The van der Waals surface area contributed by atoms with Gasteiger partial charge in [-0.25, -0.2) is 0 Å². The fourth-order valence-corrected chi connectivity index (χ4v) is 2.86. The van der Waals surface area contributed by atoms with E-state index in [1.807, 2.05) is 14.1 Å². The second kappa shape index (κ2) is 7.29. The minimum absolute atomic E-state index is 0.492. The Morgan fingerprint density at radius 2 is 2.31 bits per heavy atom. The number of aromatic nitrogens is 2. The van der Waals surface area contributed by atoms with Crippen LogP contribution in [0.4, 0.5) is 0 Å². The van der Waals surface area contributed by atoms with Crippen molar-refractivity contribution in [3.63, 3.8) is 0 Å². The monoisotopic (exact) mass is 276 g/mol. The number of hydrogen-bond acceptors (Lipinski definition) is 7. The number of thioether (sulfide) groups is 1. The molecule has 0 aliphatic heterocycles. The normalized spacial score (nSPS) is 13.0. The molecule has 1 N–H and O–H groups in total. The van der Waals surface area contributed by atoms with Crippen LogP contribution in [-0.4, -0.2) is 58.1 Å². The molecule has 7 heteroatoms. The third-order valence-electron chi connectivity index (χ3n) is 1.72. The summed E-state index contributed by atoms with van der Waals surface area (Å²) in [5.74, 6) is 0.492. The highest BCUT2D eigenvalue weighted by Crippen LogP contribution is 2.23. The highest BCUT2D eigenvalue weighted by molar-refractivity contribution is 8.01. The average molecular weight is 276 g/mol. The standard InChI is InChI=1S/C9H14N3OS3/c1-12(2)4-3-8-10-11-9(16-8)15-6-7(13)5-14/h7,13H,3-4,6H2,1-2H3. The van der Waals surface area contributed by atoms with E-state index in [4.69, 9.17) is 0 Å². The molecule has 0 amide bonds. The Hall–Kier alpha value is -0.0800. The van der Waals surface area contributed by atoms with Gasteiger partial charge in [0, 0.05) is 18.7 Å². The fourth-order valence-electron chi connectivity index (χ4n) is 0.901. The maximum absolute atomic E-state index is 9.22. The molecule has 0 bridgehead atoms. The van der Waals surface area contributed by atoms with Gasteiger partial charge in [0.2, 0.25) is 0 Å². The van der Waals surface area contributed by atoms with Crippen molar-refractivity contribution in [3.05, 3.63) is 5.01 Å². The van der Waals surface area contributed by atoms with Crippen LogP contribution in [0.25, 0.3) is 0 Å². The van der Waals surface area contributed by atoms with Gasteiger partial charge in [-0.3, -0.25) is 0 Å². The molecule has 1 heterocycles. The van der Waals surface area contributed by atoms with Crippen LogP contribution in [0, 0.1) is 0 Å². The zero-order valence-corrected chi connectivity index (χ0v) is 11.7. The predicted octanol–water partition coefficient (Wildman–Crippen LogP) is 0.972. The molecule has 4 nitrogen and oxygen atoms in total. The number of aliphatic hydroxyl groups excluding tert-OH is 1. The van der Waals surface area contributed by atoms with Crippen molar-refractivity contribution >= 4 is 40.7 Å². The van der Waals surface area contributed by atoms with Crippen LogP contribution in [0.1, 0.15) is 5.01 Å². The van der Waals surface area contributed by atoms with E-state index in [0.717, 1.165) is 22.3 Å². The van der Waals surface area contributed by atoms with Crippen LogP contribution in [0.5, 0.6) is 0 Å². The molecule has 0 fully saturated rings. The first-order valence-corrected chi connectivity index (χ1v) is 6.98. The maximum Gasteiger partial charge on any atom is 0.174 e. The third kappa shape index (κ3) is 5.31. The summed E-state index contributed by atoms with van der Waals surface area (Å²) in [6.07, 6.45) is 0.238. The van der Waals surface area contributed by atoms with Gasteiger partial charge < -0.3 is 10.0 Å². The fraction of sp³-hybridized carbons (Fsp3) is 0.667. The molecule has 0 spiro atoms. The highest BCUT2D eigenvalue weighted by atomic mass is 32.2. The number of thiocarbonyl (C=S) groups is 1. The lowest BCUT2D eigenvalue weighted by Crippen LogP contribution is -2.14. The quantitative estimate of drug-likeness (QED) is 0.591. The van der Waals surface area contributed by atoms with E-state index in [-0.39, 0.29) is 0 Å². The van der Waals surface area contributed by atoms with E-state index >= 15 is 0 Å². The third-order valence-corrected chi connectivity index (χ3v) is 4.19. The Balaban J connectivity index is 2.36. The minimum atomic E-state index is -0.672. The van der Waals surface area contributed by atoms with E-state index in [0.29, 0.717) is 5.75 Å². The van der Waals surface area contributed by atoms with Crippen LogP contribution >= 0.6 is 35.3 Å². The van der Waals surface area contributed by atoms with Crippen LogP contribution in [0.15, 0.2) is 4.34 Å². The number of hydrogen-bond donors (Lipinski definition) is 1. The lowest BCUT2D eigenvalue weighted by molar-refractivity contribution is 0.273. The lowest BCUT2D eigenvalue weighted by atomic mass is 10.4. The van der Waals surface area contributed by atoms with Crippen molar-refractivity contribution in [3.8, 4) is 0 Å². The first kappa shape index (κ1) is 14.0. The summed E-state index contributed by atoms with van der Waals surface area (Å²) >= 11 is 7.54. The molecule has 0 aliphatic rings. The van der Waals surface area contributed by atoms with Crippen LogP contribution in [-0.2, 0) is 6.42 Å². The van der Waals surface area contributed by atoms with Gasteiger partial charge >= 0.3 is 0 Å². The number of nitrogens with zero attached hydrogens (tertiary/aromatic N) is 3. The van der Waals surface area contributed by atoms with Crippen molar-refractivity contribution < 1.29 is 5.11 Å². The molecule has 1 aromatic rings. The smallest absolute Gasteiger partial charge is 0.174 e. The second-order valence-corrected chi connectivity index (χ2v) is 6.02. The Kier molecular flexibility index (Phi) is 6.37. The zero-order valence-electron chi connectivity index (χ0n) is 9.21. The van der Waals surface area contributed by atoms with Gasteiger partial charge in [-0.1, -0.05) is 35.3 Å². The van der Waals surface area contributed by atoms with Gasteiger partial charge in [0.15, 0.2) is 4.34 Å². The van der Waals surface area contributed by atoms with Crippen LogP contribution in [0.2, 0.25) is 0 Å². The molecule has 1 aromatic heterocycles. The van der Waals surface area contributed by atoms with E-state index in [2.05, 4.69) is 32.7 Å². The van der Waals surface area contributed by atoms with Crippen molar-refractivity contribution in [1.29, 1.82) is 0 Å². The van der Waals surface area contributed by atoms with Crippen LogP contribution in [0.3, 0.4) is 0 Å². The molecule has 1 radical (unpaired) electrons. The molecule has 1 atom stereocenters. The van der Waals surface area contributed by atoms with Gasteiger partial charge in [-0.2, -0.15) is 0 Å². The zero-order chi connectivity index (χ0) is 12.0. The van der Waals surface area contributed by atoms with Gasteiger partial charge in [-0.15, -0.1) is 10.2 Å². The van der Waals surface area contributed by atoms with Crippen molar-refractivity contribution in [1.82, 2.24) is 15.1 Å². The highest BCUT2D eigenvalue weighted by Gasteiger charge is 2.07. The summed E-state index contributed by atoms with van der Waals surface area (Å²) in [4.78, 5) is 2.11. The largest absolute Gasteiger partial charge is 0.387 e. The Morgan fingerprint density at radius 1 is 1.56 bits per heavy atom. The van der Waals surface area contributed by atoms with Gasteiger partial charge in [0.25, 0.3) is 0 Å². The summed E-state index contributed by atoms with van der Waals surface area (Å²) < 4.78 is 0.873. The lowest BCUT2D eigenvalue weighted by Gasteiger charge is -2.05. The van der Waals surface area contributed by atoms with Gasteiger partial charge in [-0.05, 0) is 14.1 Å². The molecule has 1 unspecified atom stereocenters. The van der Waals surface area contributed by atoms with Crippen LogP contribution < -0.4 is 0 Å². The first-order chi connectivity index (χ1) is 7.61. The Bertz CT molecular complexity index is 330. The average Bonchev–Trinajstić information content (AvgIpc) is 2.71. The van der Waals surface area contributed by atoms with Gasteiger partial charge in [0.1, 0.15) is 5.01 Å². The summed E-state index contributed by atoms with van der Waals surface area (Å²) in [5, 5.41) is 20.7. The van der Waals surface area contributed by atoms with E-state index in [1.54, 1.807) is 11.3 Å². The molecule has 89 valence electrons. The van der Waals surface area contributed by atoms with Gasteiger partial charge in [0.05, 0.1) is 11.5 Å². The Morgan fingerprint density at radius 3 is 2.94 bits per heavy atom. The molecule has 16 heavy (non-hydrogen) atoms. The van der Waals surface area contributed by atoms with E-state index < -0.39 is 6.10 Å². The maximum atomic E-state index is 9.22. The summed E-state index contributed by atoms with van der Waals surface area (Å²) in [6, 6.07) is 0. The summed E-state index contributed by atoms with van der Waals surface area (Å²) in [7, 11) is 4.06. The molecular formula is C9H14N3OS3. The number of aliphatic hydroxyl groups is 1. The molecule has 1 rings (SSSR count).